The lowest BCUT2D eigenvalue weighted by atomic mass is 10.0. The molecule has 3 heterocycles. The van der Waals surface area contributed by atoms with Crippen LogP contribution in [0.15, 0.2) is 54.9 Å². The molecule has 12 heteroatoms. The molecule has 1 saturated heterocycles. The summed E-state index contributed by atoms with van der Waals surface area (Å²) in [5.74, 6) is -4.45. The van der Waals surface area contributed by atoms with Crippen LogP contribution in [0.2, 0.25) is 0 Å². The van der Waals surface area contributed by atoms with Gasteiger partial charge < -0.3 is 15.3 Å². The highest BCUT2D eigenvalue weighted by Crippen LogP contribution is 2.40. The molecular formula is C23H18F6N4O2. The van der Waals surface area contributed by atoms with Crippen molar-refractivity contribution in [3.63, 3.8) is 0 Å². The molecule has 4 rings (SSSR count). The molecule has 1 unspecified atom stereocenters. The summed E-state index contributed by atoms with van der Waals surface area (Å²) in [6.07, 6.45) is -6.05. The molecule has 1 aliphatic heterocycles. The summed E-state index contributed by atoms with van der Waals surface area (Å²) in [5, 5.41) is 11.8. The van der Waals surface area contributed by atoms with E-state index in [4.69, 9.17) is 0 Å². The third kappa shape index (κ3) is 5.21. The Kier molecular flexibility index (Phi) is 6.41. The Balaban J connectivity index is 1.71. The molecule has 0 aliphatic carbocycles. The molecular weight excluding hydrogens is 478 g/mol. The van der Waals surface area contributed by atoms with Crippen molar-refractivity contribution < 1.29 is 36.2 Å². The lowest BCUT2D eigenvalue weighted by Crippen LogP contribution is -2.27. The Bertz CT molecular complexity index is 1230. The molecule has 3 aromatic rings. The van der Waals surface area contributed by atoms with Gasteiger partial charge in [-0.3, -0.25) is 9.78 Å². The Morgan fingerprint density at radius 1 is 1.09 bits per heavy atom. The molecule has 1 aliphatic rings. The van der Waals surface area contributed by atoms with Crippen LogP contribution in [0.1, 0.15) is 28.6 Å². The average molecular weight is 496 g/mol. The summed E-state index contributed by atoms with van der Waals surface area (Å²) in [7, 11) is 0. The molecule has 0 spiro atoms. The second-order valence-corrected chi connectivity index (χ2v) is 7.93. The molecule has 1 atom stereocenters. The number of alkyl halides is 5. The van der Waals surface area contributed by atoms with Crippen molar-refractivity contribution in [1.29, 1.82) is 0 Å². The molecule has 0 saturated carbocycles. The number of aromatic nitrogens is 2. The molecule has 2 N–H and O–H groups in total. The molecule has 35 heavy (non-hydrogen) atoms. The van der Waals surface area contributed by atoms with Crippen molar-refractivity contribution in [3.05, 3.63) is 71.9 Å². The van der Waals surface area contributed by atoms with Crippen LogP contribution < -0.4 is 10.2 Å². The first kappa shape index (κ1) is 24.5. The molecule has 1 amide bonds. The van der Waals surface area contributed by atoms with Crippen LogP contribution in [-0.2, 0) is 0 Å². The molecule has 6 nitrogen and oxygen atoms in total. The Morgan fingerprint density at radius 2 is 1.83 bits per heavy atom. The molecule has 0 bridgehead atoms. The monoisotopic (exact) mass is 496 g/mol. The summed E-state index contributed by atoms with van der Waals surface area (Å²) in [6, 6.07) is 8.93. The fourth-order valence-corrected chi connectivity index (χ4v) is 3.69. The molecule has 0 radical (unpaired) electrons. The van der Waals surface area contributed by atoms with Crippen molar-refractivity contribution in [3.8, 4) is 11.1 Å². The summed E-state index contributed by atoms with van der Waals surface area (Å²) in [4.78, 5) is 21.8. The fourth-order valence-electron chi connectivity index (χ4n) is 3.69. The molecule has 184 valence electrons. The topological polar surface area (TPSA) is 78.4 Å². The Hall–Kier alpha value is -3.67. The normalized spacial score (nSPS) is 16.3. The SMILES string of the molecule is O=C(Nc1c(-c2ccccc2F)ccnc1N1CCC(F)(F)C1)c1ccc(C(O)C(F)(F)F)nc1. The van der Waals surface area contributed by atoms with Crippen molar-refractivity contribution in [2.75, 3.05) is 23.3 Å². The van der Waals surface area contributed by atoms with E-state index in [9.17, 15) is 36.2 Å². The third-order valence-electron chi connectivity index (χ3n) is 5.44. The predicted molar refractivity (Wildman–Crippen MR) is 115 cm³/mol. The predicted octanol–water partition coefficient (Wildman–Crippen LogP) is 4.98. The van der Waals surface area contributed by atoms with Gasteiger partial charge in [0.1, 0.15) is 5.82 Å². The first-order chi connectivity index (χ1) is 16.5. The second kappa shape index (κ2) is 9.17. The maximum atomic E-state index is 14.6. The van der Waals surface area contributed by atoms with Gasteiger partial charge in [-0.15, -0.1) is 0 Å². The number of hydrogen-bond acceptors (Lipinski definition) is 5. The van der Waals surface area contributed by atoms with Gasteiger partial charge in [0.15, 0.2) is 11.9 Å². The van der Waals surface area contributed by atoms with Crippen molar-refractivity contribution in [2.24, 2.45) is 0 Å². The summed E-state index contributed by atoms with van der Waals surface area (Å²) < 4.78 is 80.5. The maximum Gasteiger partial charge on any atom is 0.420 e. The summed E-state index contributed by atoms with van der Waals surface area (Å²) >= 11 is 0. The van der Waals surface area contributed by atoms with Gasteiger partial charge in [-0.1, -0.05) is 18.2 Å². The maximum absolute atomic E-state index is 14.6. The highest BCUT2D eigenvalue weighted by Gasteiger charge is 2.41. The quantitative estimate of drug-likeness (QED) is 0.488. The van der Waals surface area contributed by atoms with E-state index in [2.05, 4.69) is 15.3 Å². The number of rotatable bonds is 5. The number of carbonyl (C=O) groups is 1. The van der Waals surface area contributed by atoms with Crippen LogP contribution in [0.4, 0.5) is 37.8 Å². The van der Waals surface area contributed by atoms with Gasteiger partial charge in [-0.2, -0.15) is 13.2 Å². The zero-order valence-corrected chi connectivity index (χ0v) is 17.9. The van der Waals surface area contributed by atoms with E-state index in [1.165, 1.54) is 35.4 Å². The highest BCUT2D eigenvalue weighted by atomic mass is 19.4. The van der Waals surface area contributed by atoms with E-state index in [1.54, 1.807) is 6.07 Å². The minimum Gasteiger partial charge on any atom is -0.378 e. The van der Waals surface area contributed by atoms with E-state index in [1.807, 2.05) is 0 Å². The van der Waals surface area contributed by atoms with Crippen LogP contribution in [0.3, 0.4) is 0 Å². The van der Waals surface area contributed by atoms with Gasteiger partial charge in [0.2, 0.25) is 0 Å². The first-order valence-corrected chi connectivity index (χ1v) is 10.3. The van der Waals surface area contributed by atoms with E-state index in [0.717, 1.165) is 18.3 Å². The zero-order valence-electron chi connectivity index (χ0n) is 17.9. The van der Waals surface area contributed by atoms with Crippen LogP contribution in [0.5, 0.6) is 0 Å². The van der Waals surface area contributed by atoms with E-state index in [-0.39, 0.29) is 34.7 Å². The van der Waals surface area contributed by atoms with E-state index in [0.29, 0.717) is 0 Å². The average Bonchev–Trinajstić information content (AvgIpc) is 3.18. The lowest BCUT2D eigenvalue weighted by molar-refractivity contribution is -0.207. The summed E-state index contributed by atoms with van der Waals surface area (Å²) in [6.45, 7) is -0.718. The molecule has 1 fully saturated rings. The summed E-state index contributed by atoms with van der Waals surface area (Å²) in [5.41, 5.74) is -0.667. The standard InChI is InChI=1S/C23H18F6N4O2/c24-16-4-2-1-3-14(16)15-7-9-30-20(33-10-8-22(25,26)12-33)18(15)32-21(35)13-5-6-17(31-11-13)19(34)23(27,28)29/h1-7,9,11,19,34H,8,10,12H2,(H,32,35). The number of halogens is 6. The number of nitrogens with one attached hydrogen (secondary N) is 1. The van der Waals surface area contributed by atoms with Crippen LogP contribution >= 0.6 is 0 Å². The number of amides is 1. The third-order valence-corrected chi connectivity index (χ3v) is 5.44. The largest absolute Gasteiger partial charge is 0.420 e. The smallest absolute Gasteiger partial charge is 0.378 e. The fraction of sp³-hybridized carbons (Fsp3) is 0.261. The number of carbonyl (C=O) groups excluding carboxylic acids is 1. The number of aliphatic hydroxyl groups is 1. The van der Waals surface area contributed by atoms with Crippen LogP contribution in [-0.4, -0.2) is 46.2 Å². The van der Waals surface area contributed by atoms with Crippen molar-refractivity contribution >= 4 is 17.4 Å². The second-order valence-electron chi connectivity index (χ2n) is 7.93. The van der Waals surface area contributed by atoms with Gasteiger partial charge in [0.05, 0.1) is 23.5 Å². The number of benzene rings is 1. The van der Waals surface area contributed by atoms with Crippen molar-refractivity contribution in [2.45, 2.75) is 24.6 Å². The van der Waals surface area contributed by atoms with Gasteiger partial charge >= 0.3 is 6.18 Å². The lowest BCUT2D eigenvalue weighted by Gasteiger charge is -2.23. The minimum absolute atomic E-state index is 0.00616. The van der Waals surface area contributed by atoms with Gasteiger partial charge in [-0.05, 0) is 24.3 Å². The van der Waals surface area contributed by atoms with Crippen molar-refractivity contribution in [1.82, 2.24) is 9.97 Å². The number of hydrogen-bond donors (Lipinski definition) is 2. The van der Waals surface area contributed by atoms with E-state index < -0.39 is 48.6 Å². The van der Waals surface area contributed by atoms with Gasteiger partial charge in [-0.25, -0.2) is 18.2 Å². The number of aliphatic hydroxyl groups excluding tert-OH is 1. The highest BCUT2D eigenvalue weighted by molar-refractivity contribution is 6.08. The van der Waals surface area contributed by atoms with Gasteiger partial charge in [0.25, 0.3) is 11.8 Å². The van der Waals surface area contributed by atoms with Crippen LogP contribution in [0, 0.1) is 5.82 Å². The minimum atomic E-state index is -4.94. The molecule has 1 aromatic carbocycles. The number of anilines is 2. The Morgan fingerprint density at radius 3 is 2.43 bits per heavy atom. The number of nitrogens with zero attached hydrogens (tertiary/aromatic N) is 3. The first-order valence-electron chi connectivity index (χ1n) is 10.3. The van der Waals surface area contributed by atoms with Crippen LogP contribution in [0.25, 0.3) is 11.1 Å². The van der Waals surface area contributed by atoms with E-state index >= 15 is 0 Å². The van der Waals surface area contributed by atoms with Gasteiger partial charge in [0, 0.05) is 36.5 Å². The Labute approximate surface area is 195 Å². The number of pyridine rings is 2. The zero-order chi connectivity index (χ0) is 25.4. The molecule has 2 aromatic heterocycles.